The number of ether oxygens (including phenoxy) is 1. The summed E-state index contributed by atoms with van der Waals surface area (Å²) in [6, 6.07) is -1.02. The highest BCUT2D eigenvalue weighted by atomic mass is 16.5. The summed E-state index contributed by atoms with van der Waals surface area (Å²) < 4.78 is 4.54. The minimum Gasteiger partial charge on any atom is -0.480 e. The van der Waals surface area contributed by atoms with Crippen molar-refractivity contribution in [2.75, 3.05) is 7.11 Å². The Bertz CT molecular complexity index is 480. The Morgan fingerprint density at radius 3 is 2.09 bits per heavy atom. The van der Waals surface area contributed by atoms with Gasteiger partial charge in [0.1, 0.15) is 6.04 Å². The van der Waals surface area contributed by atoms with Gasteiger partial charge in [0.25, 0.3) is 0 Å². The number of hydrogen-bond acceptors (Lipinski definition) is 4. The molecule has 0 heterocycles. The van der Waals surface area contributed by atoms with E-state index in [1.165, 1.54) is 26.4 Å². The predicted molar refractivity (Wildman–Crippen MR) is 81.4 cm³/mol. The molecule has 23 heavy (non-hydrogen) atoms. The van der Waals surface area contributed by atoms with Crippen LogP contribution in [0.1, 0.15) is 51.4 Å². The number of hydrogen-bond donors (Lipinski definition) is 2. The number of carbonyl (C=O) groups is 3. The maximum atomic E-state index is 12.8. The summed E-state index contributed by atoms with van der Waals surface area (Å²) in [5.74, 6) is 0.224. The van der Waals surface area contributed by atoms with E-state index in [9.17, 15) is 19.5 Å². The molecule has 4 saturated carbocycles. The van der Waals surface area contributed by atoms with Crippen LogP contribution in [-0.4, -0.2) is 36.1 Å². The molecule has 0 spiro atoms. The topological polar surface area (TPSA) is 92.7 Å². The molecule has 128 valence electrons. The Kier molecular flexibility index (Phi) is 4.34. The summed E-state index contributed by atoms with van der Waals surface area (Å²) in [5, 5.41) is 12.0. The van der Waals surface area contributed by atoms with Gasteiger partial charge in [0.15, 0.2) is 0 Å². The first-order valence-corrected chi connectivity index (χ1v) is 8.52. The third kappa shape index (κ3) is 3.21. The van der Waals surface area contributed by atoms with Crippen LogP contribution in [0.4, 0.5) is 0 Å². The van der Waals surface area contributed by atoms with Crippen LogP contribution >= 0.6 is 0 Å². The SMILES string of the molecule is COC(=O)CC[C@H](NC(=O)C12CC3CC(CC(C3)C1)C2)C(=O)O. The van der Waals surface area contributed by atoms with Crippen LogP contribution in [0, 0.1) is 23.2 Å². The van der Waals surface area contributed by atoms with Crippen molar-refractivity contribution in [3.63, 3.8) is 0 Å². The van der Waals surface area contributed by atoms with Crippen LogP contribution in [-0.2, 0) is 19.1 Å². The molecule has 0 unspecified atom stereocenters. The summed E-state index contributed by atoms with van der Waals surface area (Å²) >= 11 is 0. The Balaban J connectivity index is 1.65. The van der Waals surface area contributed by atoms with Gasteiger partial charge in [-0.2, -0.15) is 0 Å². The third-order valence-electron chi connectivity index (χ3n) is 5.99. The van der Waals surface area contributed by atoms with E-state index >= 15 is 0 Å². The molecule has 4 bridgehead atoms. The average Bonchev–Trinajstić information content (AvgIpc) is 2.49. The van der Waals surface area contributed by atoms with E-state index in [4.69, 9.17) is 0 Å². The van der Waals surface area contributed by atoms with Crippen molar-refractivity contribution in [3.8, 4) is 0 Å². The fourth-order valence-electron chi connectivity index (χ4n) is 5.32. The quantitative estimate of drug-likeness (QED) is 0.726. The summed E-state index contributed by atoms with van der Waals surface area (Å²) in [7, 11) is 1.27. The molecule has 6 nitrogen and oxygen atoms in total. The van der Waals surface area contributed by atoms with E-state index in [0.717, 1.165) is 19.3 Å². The van der Waals surface area contributed by atoms with Gasteiger partial charge in [-0.25, -0.2) is 4.79 Å². The van der Waals surface area contributed by atoms with Crippen LogP contribution in [0.15, 0.2) is 0 Å². The lowest BCUT2D eigenvalue weighted by atomic mass is 9.49. The fourth-order valence-corrected chi connectivity index (χ4v) is 5.32. The molecule has 0 aromatic rings. The Labute approximate surface area is 136 Å². The van der Waals surface area contributed by atoms with Gasteiger partial charge in [-0.3, -0.25) is 9.59 Å². The van der Waals surface area contributed by atoms with Gasteiger partial charge >= 0.3 is 11.9 Å². The van der Waals surface area contributed by atoms with Crippen molar-refractivity contribution in [2.45, 2.75) is 57.4 Å². The number of amides is 1. The van der Waals surface area contributed by atoms with E-state index in [2.05, 4.69) is 10.1 Å². The number of carboxylic acids is 1. The average molecular weight is 323 g/mol. The highest BCUT2D eigenvalue weighted by Crippen LogP contribution is 2.60. The molecule has 0 radical (unpaired) electrons. The predicted octanol–water partition coefficient (Wildman–Crippen LogP) is 1.73. The van der Waals surface area contributed by atoms with Crippen LogP contribution in [0.3, 0.4) is 0 Å². The molecule has 0 aliphatic heterocycles. The molecule has 1 atom stereocenters. The van der Waals surface area contributed by atoms with Gasteiger partial charge in [0, 0.05) is 11.8 Å². The van der Waals surface area contributed by atoms with Crippen LogP contribution in [0.5, 0.6) is 0 Å². The zero-order valence-corrected chi connectivity index (χ0v) is 13.5. The van der Waals surface area contributed by atoms with Crippen molar-refractivity contribution >= 4 is 17.8 Å². The van der Waals surface area contributed by atoms with Crippen molar-refractivity contribution in [2.24, 2.45) is 23.2 Å². The number of carboxylic acid groups (broad SMARTS) is 1. The lowest BCUT2D eigenvalue weighted by Gasteiger charge is -2.55. The van der Waals surface area contributed by atoms with Crippen molar-refractivity contribution in [1.82, 2.24) is 5.32 Å². The number of aliphatic carboxylic acids is 1. The van der Waals surface area contributed by atoms with Crippen LogP contribution < -0.4 is 5.32 Å². The summed E-state index contributed by atoms with van der Waals surface area (Å²) in [4.78, 5) is 35.4. The monoisotopic (exact) mass is 323 g/mol. The highest BCUT2D eigenvalue weighted by molar-refractivity contribution is 5.88. The molecular weight excluding hydrogens is 298 g/mol. The smallest absolute Gasteiger partial charge is 0.326 e. The van der Waals surface area contributed by atoms with Gasteiger partial charge < -0.3 is 15.2 Å². The second-order valence-corrected chi connectivity index (χ2v) is 7.68. The molecule has 0 aromatic carbocycles. The van der Waals surface area contributed by atoms with E-state index < -0.39 is 18.0 Å². The molecule has 1 amide bonds. The first-order valence-electron chi connectivity index (χ1n) is 8.52. The van der Waals surface area contributed by atoms with E-state index in [1.807, 2.05) is 0 Å². The van der Waals surface area contributed by atoms with Crippen molar-refractivity contribution in [3.05, 3.63) is 0 Å². The summed E-state index contributed by atoms with van der Waals surface area (Å²) in [5.41, 5.74) is -0.367. The van der Waals surface area contributed by atoms with Gasteiger partial charge in [0.2, 0.25) is 5.91 Å². The molecule has 0 saturated heterocycles. The first-order chi connectivity index (χ1) is 10.9. The van der Waals surface area contributed by atoms with E-state index in [1.54, 1.807) is 0 Å². The summed E-state index contributed by atoms with van der Waals surface area (Å²) in [6.45, 7) is 0. The maximum absolute atomic E-state index is 12.8. The number of nitrogens with one attached hydrogen (secondary N) is 1. The molecule has 2 N–H and O–H groups in total. The molecule has 4 aliphatic rings. The molecular formula is C17H25NO5. The molecule has 4 fully saturated rings. The zero-order valence-electron chi connectivity index (χ0n) is 13.5. The Hall–Kier alpha value is -1.59. The highest BCUT2D eigenvalue weighted by Gasteiger charge is 2.54. The van der Waals surface area contributed by atoms with E-state index in [0.29, 0.717) is 17.8 Å². The third-order valence-corrected chi connectivity index (χ3v) is 5.99. The first kappa shape index (κ1) is 16.3. The molecule has 6 heteroatoms. The van der Waals surface area contributed by atoms with Crippen molar-refractivity contribution in [1.29, 1.82) is 0 Å². The molecule has 0 aromatic heterocycles. The van der Waals surface area contributed by atoms with Gasteiger partial charge in [-0.05, 0) is 62.7 Å². The zero-order chi connectivity index (χ0) is 16.6. The van der Waals surface area contributed by atoms with Crippen LogP contribution in [0.25, 0.3) is 0 Å². The van der Waals surface area contributed by atoms with Gasteiger partial charge in [-0.1, -0.05) is 0 Å². The number of methoxy groups -OCH3 is 1. The normalized spacial score (nSPS) is 35.6. The second kappa shape index (κ2) is 6.13. The van der Waals surface area contributed by atoms with Crippen molar-refractivity contribution < 1.29 is 24.2 Å². The standard InChI is InChI=1S/C17H25NO5/c1-23-14(19)3-2-13(15(20)21)18-16(22)17-7-10-4-11(8-17)6-12(5-10)9-17/h10-13H,2-9H2,1H3,(H,18,22)(H,20,21)/t10?,11?,12?,13-,17?/m0/s1. The number of rotatable bonds is 6. The Morgan fingerprint density at radius 2 is 1.65 bits per heavy atom. The Morgan fingerprint density at radius 1 is 1.13 bits per heavy atom. The fraction of sp³-hybridized carbons (Fsp3) is 0.824. The van der Waals surface area contributed by atoms with E-state index in [-0.39, 0.29) is 24.2 Å². The molecule has 4 aliphatic carbocycles. The minimum atomic E-state index is -1.09. The summed E-state index contributed by atoms with van der Waals surface area (Å²) in [6.07, 6.45) is 6.46. The minimum absolute atomic E-state index is 0.00534. The number of carbonyl (C=O) groups excluding carboxylic acids is 2. The van der Waals surface area contributed by atoms with Gasteiger partial charge in [0.05, 0.1) is 7.11 Å². The van der Waals surface area contributed by atoms with Gasteiger partial charge in [-0.15, -0.1) is 0 Å². The maximum Gasteiger partial charge on any atom is 0.326 e. The van der Waals surface area contributed by atoms with Crippen LogP contribution in [0.2, 0.25) is 0 Å². The largest absolute Gasteiger partial charge is 0.480 e. The molecule has 4 rings (SSSR count). The lowest BCUT2D eigenvalue weighted by Crippen LogP contribution is -2.56. The number of esters is 1. The second-order valence-electron chi connectivity index (χ2n) is 7.68. The lowest BCUT2D eigenvalue weighted by molar-refractivity contribution is -0.152.